The number of carbonyl (C=O) groups excluding carboxylic acids is 1. The zero-order valence-electron chi connectivity index (χ0n) is 12.5. The molecule has 3 rings (SSSR count). The lowest BCUT2D eigenvalue weighted by Crippen LogP contribution is -2.05. The maximum absolute atomic E-state index is 12.1. The first-order valence-electron chi connectivity index (χ1n) is 7.22. The molecule has 0 bridgehead atoms. The highest BCUT2D eigenvalue weighted by molar-refractivity contribution is 7.21. The van der Waals surface area contributed by atoms with Crippen molar-refractivity contribution in [1.29, 1.82) is 0 Å². The maximum atomic E-state index is 12.1. The van der Waals surface area contributed by atoms with Gasteiger partial charge in [0.05, 0.1) is 18.0 Å². The number of ether oxygens (including phenoxy) is 1. The zero-order chi connectivity index (χ0) is 16.4. The number of thiophene rings is 1. The number of nitrogens with two attached hydrogens (primary N) is 1. The van der Waals surface area contributed by atoms with Gasteiger partial charge in [-0.1, -0.05) is 30.7 Å². The minimum Gasteiger partial charge on any atom is -0.461 e. The highest BCUT2D eigenvalue weighted by Crippen LogP contribution is 2.34. The molecule has 6 heteroatoms. The minimum absolute atomic E-state index is 0.385. The number of hydrogen-bond donors (Lipinski definition) is 1. The number of pyridine rings is 1. The number of fused-ring (bicyclic) bond motifs is 1. The average Bonchev–Trinajstić information content (AvgIpc) is 2.90. The van der Waals surface area contributed by atoms with Crippen LogP contribution in [0.5, 0.6) is 0 Å². The van der Waals surface area contributed by atoms with E-state index in [1.807, 2.05) is 43.3 Å². The SMILES string of the molecule is CCCOC(=O)c1sc2nc(-c3ccc(Cl)cc3)ccc2c1N. The van der Waals surface area contributed by atoms with Gasteiger partial charge in [-0.2, -0.15) is 0 Å². The van der Waals surface area contributed by atoms with E-state index in [4.69, 9.17) is 22.1 Å². The summed E-state index contributed by atoms with van der Waals surface area (Å²) < 4.78 is 5.16. The van der Waals surface area contributed by atoms with E-state index in [1.54, 1.807) is 0 Å². The monoisotopic (exact) mass is 346 g/mol. The van der Waals surface area contributed by atoms with Crippen LogP contribution in [0.1, 0.15) is 23.0 Å². The molecule has 0 aliphatic rings. The van der Waals surface area contributed by atoms with E-state index < -0.39 is 0 Å². The van der Waals surface area contributed by atoms with Gasteiger partial charge in [-0.15, -0.1) is 11.3 Å². The molecule has 0 saturated carbocycles. The van der Waals surface area contributed by atoms with Crippen LogP contribution in [0.15, 0.2) is 36.4 Å². The van der Waals surface area contributed by atoms with Gasteiger partial charge >= 0.3 is 5.97 Å². The molecule has 0 saturated heterocycles. The number of hydrogen-bond acceptors (Lipinski definition) is 5. The van der Waals surface area contributed by atoms with E-state index in [-0.39, 0.29) is 5.97 Å². The third-order valence-corrected chi connectivity index (χ3v) is 4.70. The second kappa shape index (κ2) is 6.56. The number of nitrogen functional groups attached to an aromatic ring is 1. The summed E-state index contributed by atoms with van der Waals surface area (Å²) in [4.78, 5) is 17.8. The Kier molecular flexibility index (Phi) is 4.50. The largest absolute Gasteiger partial charge is 0.461 e. The van der Waals surface area contributed by atoms with Crippen molar-refractivity contribution in [3.8, 4) is 11.3 Å². The highest BCUT2D eigenvalue weighted by Gasteiger charge is 2.18. The van der Waals surface area contributed by atoms with Crippen molar-refractivity contribution < 1.29 is 9.53 Å². The summed E-state index contributed by atoms with van der Waals surface area (Å²) in [6.45, 7) is 2.33. The molecular formula is C17H15ClN2O2S. The van der Waals surface area contributed by atoms with Gasteiger partial charge in [0.25, 0.3) is 0 Å². The molecule has 2 heterocycles. The summed E-state index contributed by atoms with van der Waals surface area (Å²) in [5, 5.41) is 1.45. The molecule has 0 amide bonds. The Balaban J connectivity index is 2.00. The third kappa shape index (κ3) is 3.16. The molecule has 1 aromatic carbocycles. The standard InChI is InChI=1S/C17H15ClN2O2S/c1-2-9-22-17(21)15-14(19)12-7-8-13(20-16(12)23-15)10-3-5-11(18)6-4-10/h3-8H,2,9,19H2,1H3. The normalized spacial score (nSPS) is 10.9. The Labute approximate surface area is 142 Å². The quantitative estimate of drug-likeness (QED) is 0.691. The first-order valence-corrected chi connectivity index (χ1v) is 8.41. The number of anilines is 1. The Bertz CT molecular complexity index is 859. The molecule has 2 N–H and O–H groups in total. The van der Waals surface area contributed by atoms with Gasteiger partial charge in [0, 0.05) is 16.0 Å². The molecule has 3 aromatic rings. The van der Waals surface area contributed by atoms with Crippen molar-refractivity contribution in [3.05, 3.63) is 46.3 Å². The van der Waals surface area contributed by atoms with Gasteiger partial charge in [0.1, 0.15) is 9.71 Å². The van der Waals surface area contributed by atoms with E-state index in [9.17, 15) is 4.79 Å². The lowest BCUT2D eigenvalue weighted by Gasteiger charge is -2.01. The van der Waals surface area contributed by atoms with E-state index in [1.165, 1.54) is 11.3 Å². The fourth-order valence-electron chi connectivity index (χ4n) is 2.19. The van der Waals surface area contributed by atoms with Crippen molar-refractivity contribution in [2.75, 3.05) is 12.3 Å². The van der Waals surface area contributed by atoms with Crippen LogP contribution < -0.4 is 5.73 Å². The molecule has 118 valence electrons. The smallest absolute Gasteiger partial charge is 0.350 e. The van der Waals surface area contributed by atoms with Crippen LogP contribution in [-0.4, -0.2) is 17.6 Å². The first kappa shape index (κ1) is 15.8. The van der Waals surface area contributed by atoms with Crippen LogP contribution in [-0.2, 0) is 4.74 Å². The molecule has 2 aromatic heterocycles. The highest BCUT2D eigenvalue weighted by atomic mass is 35.5. The molecule has 0 fully saturated rings. The molecule has 0 aliphatic heterocycles. The van der Waals surface area contributed by atoms with Gasteiger partial charge in [-0.3, -0.25) is 0 Å². The number of benzene rings is 1. The average molecular weight is 347 g/mol. The Morgan fingerprint density at radius 2 is 2.00 bits per heavy atom. The fraction of sp³-hybridized carbons (Fsp3) is 0.176. The van der Waals surface area contributed by atoms with Crippen molar-refractivity contribution in [2.24, 2.45) is 0 Å². The van der Waals surface area contributed by atoms with Gasteiger partial charge in [0.2, 0.25) is 0 Å². The molecule has 0 atom stereocenters. The second-order valence-corrected chi connectivity index (χ2v) is 6.47. The summed E-state index contributed by atoms with van der Waals surface area (Å²) in [7, 11) is 0. The molecule has 0 aliphatic carbocycles. The Morgan fingerprint density at radius 3 is 2.70 bits per heavy atom. The molecule has 0 spiro atoms. The van der Waals surface area contributed by atoms with Crippen molar-refractivity contribution >= 4 is 44.8 Å². The molecular weight excluding hydrogens is 332 g/mol. The molecule has 0 radical (unpaired) electrons. The topological polar surface area (TPSA) is 65.2 Å². The Hall–Kier alpha value is -2.11. The van der Waals surface area contributed by atoms with Crippen LogP contribution >= 0.6 is 22.9 Å². The number of halogens is 1. The number of esters is 1. The number of rotatable bonds is 4. The number of nitrogens with zero attached hydrogens (tertiary/aromatic N) is 1. The maximum Gasteiger partial charge on any atom is 0.350 e. The van der Waals surface area contributed by atoms with Crippen LogP contribution in [0, 0.1) is 0 Å². The summed E-state index contributed by atoms with van der Waals surface area (Å²) in [6.07, 6.45) is 0.773. The van der Waals surface area contributed by atoms with E-state index in [0.29, 0.717) is 22.2 Å². The van der Waals surface area contributed by atoms with E-state index in [2.05, 4.69) is 4.98 Å². The van der Waals surface area contributed by atoms with Gasteiger partial charge in [0.15, 0.2) is 0 Å². The molecule has 23 heavy (non-hydrogen) atoms. The van der Waals surface area contributed by atoms with Crippen LogP contribution in [0.4, 0.5) is 5.69 Å². The summed E-state index contributed by atoms with van der Waals surface area (Å²) >= 11 is 7.17. The number of carbonyl (C=O) groups is 1. The third-order valence-electron chi connectivity index (χ3n) is 3.36. The van der Waals surface area contributed by atoms with Crippen molar-refractivity contribution in [1.82, 2.24) is 4.98 Å². The zero-order valence-corrected chi connectivity index (χ0v) is 14.1. The van der Waals surface area contributed by atoms with Gasteiger partial charge in [-0.25, -0.2) is 9.78 Å². The summed E-state index contributed by atoms with van der Waals surface area (Å²) in [5.74, 6) is -0.389. The Morgan fingerprint density at radius 1 is 1.26 bits per heavy atom. The fourth-order valence-corrected chi connectivity index (χ4v) is 3.30. The minimum atomic E-state index is -0.389. The second-order valence-electron chi connectivity index (χ2n) is 5.04. The lowest BCUT2D eigenvalue weighted by molar-refractivity contribution is 0.0512. The van der Waals surface area contributed by atoms with Crippen LogP contribution in [0.2, 0.25) is 5.02 Å². The predicted octanol–water partition coefficient (Wildman–Crippen LogP) is 4.77. The van der Waals surface area contributed by atoms with Crippen molar-refractivity contribution in [2.45, 2.75) is 13.3 Å². The van der Waals surface area contributed by atoms with Crippen LogP contribution in [0.25, 0.3) is 21.5 Å². The summed E-state index contributed by atoms with van der Waals surface area (Å²) in [6, 6.07) is 11.2. The van der Waals surface area contributed by atoms with Crippen LogP contribution in [0.3, 0.4) is 0 Å². The molecule has 0 unspecified atom stereocenters. The van der Waals surface area contributed by atoms with E-state index >= 15 is 0 Å². The lowest BCUT2D eigenvalue weighted by atomic mass is 10.1. The van der Waals surface area contributed by atoms with Crippen molar-refractivity contribution in [3.63, 3.8) is 0 Å². The van der Waals surface area contributed by atoms with Gasteiger partial charge < -0.3 is 10.5 Å². The number of aromatic nitrogens is 1. The van der Waals surface area contributed by atoms with E-state index in [0.717, 1.165) is 27.9 Å². The first-order chi connectivity index (χ1) is 11.1. The predicted molar refractivity (Wildman–Crippen MR) is 95.1 cm³/mol. The molecule has 4 nitrogen and oxygen atoms in total. The van der Waals surface area contributed by atoms with Gasteiger partial charge in [-0.05, 0) is 30.7 Å². The summed E-state index contributed by atoms with van der Waals surface area (Å²) in [5.41, 5.74) is 8.27.